The Labute approximate surface area is 124 Å². The Balaban J connectivity index is 2.06. The number of ether oxygens (including phenoxy) is 1. The number of hydrogen-bond acceptors (Lipinski definition) is 3. The van der Waals surface area contributed by atoms with Crippen molar-refractivity contribution in [2.24, 2.45) is 0 Å². The number of benzene rings is 1. The maximum atomic E-state index is 6.08. The number of nitrogens with zero attached hydrogens (tertiary/aromatic N) is 2. The van der Waals surface area contributed by atoms with Crippen LogP contribution in [0.15, 0.2) is 18.2 Å². The van der Waals surface area contributed by atoms with E-state index in [1.54, 1.807) is 0 Å². The molecule has 1 aliphatic rings. The molecule has 108 valence electrons. The molecule has 2 aromatic rings. The highest BCUT2D eigenvalue weighted by Crippen LogP contribution is 2.29. The summed E-state index contributed by atoms with van der Waals surface area (Å²) in [5, 5.41) is 4.23. The van der Waals surface area contributed by atoms with E-state index in [9.17, 15) is 0 Å². The van der Waals surface area contributed by atoms with Crippen LogP contribution in [0, 0.1) is 0 Å². The van der Waals surface area contributed by atoms with Gasteiger partial charge in [-0.2, -0.15) is 0 Å². The molecule has 0 bridgehead atoms. The Kier molecular flexibility index (Phi) is 3.96. The molecule has 1 aromatic carbocycles. The van der Waals surface area contributed by atoms with Crippen molar-refractivity contribution < 1.29 is 4.74 Å². The zero-order valence-electron chi connectivity index (χ0n) is 11.9. The average Bonchev–Trinajstić information content (AvgIpc) is 3.01. The molecule has 0 amide bonds. The van der Waals surface area contributed by atoms with Gasteiger partial charge in [-0.05, 0) is 31.7 Å². The van der Waals surface area contributed by atoms with Gasteiger partial charge in [0.1, 0.15) is 5.82 Å². The first kappa shape index (κ1) is 13.9. The van der Waals surface area contributed by atoms with E-state index in [0.29, 0.717) is 12.0 Å². The topological polar surface area (TPSA) is 39.1 Å². The van der Waals surface area contributed by atoms with Crippen molar-refractivity contribution in [2.45, 2.75) is 32.4 Å². The molecule has 2 heterocycles. The molecule has 3 rings (SSSR count). The third-order valence-corrected chi connectivity index (χ3v) is 4.17. The molecule has 1 fully saturated rings. The number of aryl methyl sites for hydroxylation is 1. The van der Waals surface area contributed by atoms with E-state index in [1.807, 2.05) is 12.1 Å². The van der Waals surface area contributed by atoms with Gasteiger partial charge >= 0.3 is 0 Å². The number of fused-ring (bicyclic) bond motifs is 1. The van der Waals surface area contributed by atoms with Crippen LogP contribution in [0.5, 0.6) is 0 Å². The molecule has 0 radical (unpaired) electrons. The summed E-state index contributed by atoms with van der Waals surface area (Å²) in [6, 6.07) is 6.26. The highest BCUT2D eigenvalue weighted by molar-refractivity contribution is 6.31. The van der Waals surface area contributed by atoms with Gasteiger partial charge in [0.25, 0.3) is 0 Å². The molecular weight excluding hydrogens is 274 g/mol. The highest BCUT2D eigenvalue weighted by Gasteiger charge is 2.32. The summed E-state index contributed by atoms with van der Waals surface area (Å²) in [6.45, 7) is 7.61. The molecule has 1 saturated heterocycles. The minimum atomic E-state index is 0.307. The van der Waals surface area contributed by atoms with Crippen LogP contribution in [-0.4, -0.2) is 35.4 Å². The molecule has 20 heavy (non-hydrogen) atoms. The van der Waals surface area contributed by atoms with Crippen molar-refractivity contribution in [1.82, 2.24) is 14.9 Å². The summed E-state index contributed by atoms with van der Waals surface area (Å²) >= 11 is 6.08. The van der Waals surface area contributed by atoms with E-state index in [4.69, 9.17) is 21.3 Å². The number of halogens is 1. The summed E-state index contributed by atoms with van der Waals surface area (Å²) in [5.41, 5.74) is 2.12. The second-order valence-corrected chi connectivity index (χ2v) is 5.59. The van der Waals surface area contributed by atoms with Crippen LogP contribution in [0.4, 0.5) is 0 Å². The van der Waals surface area contributed by atoms with Crippen LogP contribution in [0.1, 0.15) is 25.6 Å². The fourth-order valence-corrected chi connectivity index (χ4v) is 3.18. The van der Waals surface area contributed by atoms with Crippen molar-refractivity contribution in [3.8, 4) is 0 Å². The Bertz CT molecular complexity index is 610. The van der Waals surface area contributed by atoms with Gasteiger partial charge in [0.05, 0.1) is 30.2 Å². The summed E-state index contributed by atoms with van der Waals surface area (Å²) < 4.78 is 7.93. The number of hydrogen-bond donors (Lipinski definition) is 1. The standard InChI is InChI=1S/C15H20ClN3O/c1-3-17-13-9-20-8-11(13)15-18-12-7-10(16)5-6-14(12)19(15)4-2/h5-7,11,13,17H,3-4,8-9H2,1-2H3. The van der Waals surface area contributed by atoms with Gasteiger partial charge in [-0.1, -0.05) is 18.5 Å². The summed E-state index contributed by atoms with van der Waals surface area (Å²) in [6.07, 6.45) is 0. The molecule has 1 N–H and O–H groups in total. The fraction of sp³-hybridized carbons (Fsp3) is 0.533. The van der Waals surface area contributed by atoms with Crippen LogP contribution in [0.25, 0.3) is 11.0 Å². The Morgan fingerprint density at radius 1 is 1.40 bits per heavy atom. The van der Waals surface area contributed by atoms with Gasteiger partial charge < -0.3 is 14.6 Å². The van der Waals surface area contributed by atoms with Crippen LogP contribution in [0.2, 0.25) is 5.02 Å². The fourth-order valence-electron chi connectivity index (χ4n) is 3.01. The van der Waals surface area contributed by atoms with Crippen molar-refractivity contribution in [1.29, 1.82) is 0 Å². The van der Waals surface area contributed by atoms with E-state index in [2.05, 4.69) is 29.8 Å². The van der Waals surface area contributed by atoms with Gasteiger partial charge in [0.2, 0.25) is 0 Å². The molecule has 0 saturated carbocycles. The van der Waals surface area contributed by atoms with Crippen molar-refractivity contribution >= 4 is 22.6 Å². The third kappa shape index (κ3) is 2.32. The molecule has 5 heteroatoms. The van der Waals surface area contributed by atoms with Crippen LogP contribution >= 0.6 is 11.6 Å². The molecule has 2 unspecified atom stereocenters. The quantitative estimate of drug-likeness (QED) is 0.942. The van der Waals surface area contributed by atoms with Gasteiger partial charge in [0.15, 0.2) is 0 Å². The smallest absolute Gasteiger partial charge is 0.116 e. The average molecular weight is 294 g/mol. The normalized spacial score (nSPS) is 22.8. The van der Waals surface area contributed by atoms with Gasteiger partial charge in [0, 0.05) is 17.6 Å². The first-order valence-electron chi connectivity index (χ1n) is 7.21. The number of rotatable bonds is 4. The van der Waals surface area contributed by atoms with Gasteiger partial charge in [-0.15, -0.1) is 0 Å². The summed E-state index contributed by atoms with van der Waals surface area (Å²) in [4.78, 5) is 4.82. The second kappa shape index (κ2) is 5.72. The zero-order valence-corrected chi connectivity index (χ0v) is 12.7. The first-order valence-corrected chi connectivity index (χ1v) is 7.59. The molecule has 0 spiro atoms. The predicted octanol–water partition coefficient (Wildman–Crippen LogP) is 2.80. The van der Waals surface area contributed by atoms with Crippen molar-refractivity contribution in [3.63, 3.8) is 0 Å². The molecule has 2 atom stereocenters. The second-order valence-electron chi connectivity index (χ2n) is 5.16. The van der Waals surface area contributed by atoms with E-state index < -0.39 is 0 Å². The van der Waals surface area contributed by atoms with E-state index in [0.717, 1.165) is 48.2 Å². The zero-order chi connectivity index (χ0) is 14.1. The van der Waals surface area contributed by atoms with Gasteiger partial charge in [-0.3, -0.25) is 0 Å². The lowest BCUT2D eigenvalue weighted by atomic mass is 10.0. The Hall–Kier alpha value is -1.10. The molecule has 4 nitrogen and oxygen atoms in total. The van der Waals surface area contributed by atoms with Crippen molar-refractivity contribution in [3.05, 3.63) is 29.0 Å². The number of imidazole rings is 1. The largest absolute Gasteiger partial charge is 0.379 e. The summed E-state index contributed by atoms with van der Waals surface area (Å²) in [7, 11) is 0. The van der Waals surface area contributed by atoms with Crippen LogP contribution in [-0.2, 0) is 11.3 Å². The first-order chi connectivity index (χ1) is 9.74. The third-order valence-electron chi connectivity index (χ3n) is 3.93. The Morgan fingerprint density at radius 2 is 2.25 bits per heavy atom. The van der Waals surface area contributed by atoms with E-state index >= 15 is 0 Å². The lowest BCUT2D eigenvalue weighted by molar-refractivity contribution is 0.187. The van der Waals surface area contributed by atoms with Crippen LogP contribution < -0.4 is 5.32 Å². The number of nitrogens with one attached hydrogen (secondary N) is 1. The predicted molar refractivity (Wildman–Crippen MR) is 81.4 cm³/mol. The highest BCUT2D eigenvalue weighted by atomic mass is 35.5. The Morgan fingerprint density at radius 3 is 3.00 bits per heavy atom. The minimum Gasteiger partial charge on any atom is -0.379 e. The maximum absolute atomic E-state index is 6.08. The summed E-state index contributed by atoms with van der Waals surface area (Å²) in [5.74, 6) is 1.41. The van der Waals surface area contributed by atoms with Gasteiger partial charge in [-0.25, -0.2) is 4.98 Å². The van der Waals surface area contributed by atoms with E-state index in [1.165, 1.54) is 0 Å². The maximum Gasteiger partial charge on any atom is 0.116 e. The van der Waals surface area contributed by atoms with E-state index in [-0.39, 0.29) is 0 Å². The molecule has 1 aliphatic heterocycles. The molecule has 1 aromatic heterocycles. The lowest BCUT2D eigenvalue weighted by Crippen LogP contribution is -2.35. The monoisotopic (exact) mass is 293 g/mol. The molecular formula is C15H20ClN3O. The number of aromatic nitrogens is 2. The lowest BCUT2D eigenvalue weighted by Gasteiger charge is -2.18. The minimum absolute atomic E-state index is 0.307. The van der Waals surface area contributed by atoms with Crippen LogP contribution in [0.3, 0.4) is 0 Å². The molecule has 0 aliphatic carbocycles. The van der Waals surface area contributed by atoms with Crippen molar-refractivity contribution in [2.75, 3.05) is 19.8 Å². The SMILES string of the molecule is CCNC1COCC1c1nc2cc(Cl)ccc2n1CC. The number of likely N-dealkylation sites (N-methyl/N-ethyl adjacent to an activating group) is 1.